The van der Waals surface area contributed by atoms with Gasteiger partial charge < -0.3 is 4.74 Å². The zero-order chi connectivity index (χ0) is 41.5. The fourth-order valence-corrected chi connectivity index (χ4v) is 7.82. The third kappa shape index (κ3) is 7.78. The summed E-state index contributed by atoms with van der Waals surface area (Å²) in [6, 6.07) is 34.9. The molecule has 0 aliphatic heterocycles. The lowest BCUT2D eigenvalue weighted by molar-refractivity contribution is 0.482. The lowest BCUT2D eigenvalue weighted by atomic mass is 9.76. The maximum Gasteiger partial charge on any atom is 0.137 e. The van der Waals surface area contributed by atoms with Crippen molar-refractivity contribution in [1.82, 2.24) is 19.3 Å². The van der Waals surface area contributed by atoms with Gasteiger partial charge in [-0.25, -0.2) is 9.67 Å². The van der Waals surface area contributed by atoms with Crippen molar-refractivity contribution in [3.05, 3.63) is 131 Å². The van der Waals surface area contributed by atoms with Crippen LogP contribution in [0.4, 0.5) is 0 Å². The van der Waals surface area contributed by atoms with Crippen LogP contribution in [0.2, 0.25) is 0 Å². The standard InChI is InChI=1S/C52H62N4O/c1-48(2,3)34-25-26-53-44(30-34)55-42-22-17-16-21-40(42)41-24-23-39(32-43(41)55)57-38-20-18-19-37(31-38)56-47(52(13,14)15)45(46(54-56)51(10,11)12)33-27-35(49(4,5)6)29-36(28-33)50(7,8)9/h16-32H,1-15H3. The Hall–Kier alpha value is -5.16. The summed E-state index contributed by atoms with van der Waals surface area (Å²) in [4.78, 5) is 4.88. The number of para-hydroxylation sites is 1. The van der Waals surface area contributed by atoms with Crippen molar-refractivity contribution >= 4 is 21.8 Å². The molecule has 5 nitrogen and oxygen atoms in total. The first-order chi connectivity index (χ1) is 26.4. The van der Waals surface area contributed by atoms with Gasteiger partial charge in [-0.1, -0.05) is 146 Å². The summed E-state index contributed by atoms with van der Waals surface area (Å²) in [6.45, 7) is 34.3. The van der Waals surface area contributed by atoms with Crippen molar-refractivity contribution in [2.45, 2.75) is 131 Å². The second-order valence-electron chi connectivity index (χ2n) is 21.1. The molecule has 4 aromatic carbocycles. The molecule has 3 aromatic heterocycles. The minimum Gasteiger partial charge on any atom is -0.457 e. The molecular formula is C52H62N4O. The second kappa shape index (κ2) is 13.7. The van der Waals surface area contributed by atoms with Crippen molar-refractivity contribution in [2.24, 2.45) is 0 Å². The molecule has 7 aromatic rings. The topological polar surface area (TPSA) is 44.9 Å². The smallest absolute Gasteiger partial charge is 0.137 e. The van der Waals surface area contributed by atoms with E-state index < -0.39 is 0 Å². The van der Waals surface area contributed by atoms with Gasteiger partial charge in [0.25, 0.3) is 0 Å². The lowest BCUT2D eigenvalue weighted by Gasteiger charge is -2.28. The van der Waals surface area contributed by atoms with E-state index in [1.54, 1.807) is 0 Å². The number of aromatic nitrogens is 4. The molecule has 57 heavy (non-hydrogen) atoms. The van der Waals surface area contributed by atoms with Crippen LogP contribution >= 0.6 is 0 Å². The van der Waals surface area contributed by atoms with Gasteiger partial charge in [-0.15, -0.1) is 0 Å². The molecule has 0 fully saturated rings. The summed E-state index contributed by atoms with van der Waals surface area (Å²) in [5, 5.41) is 7.86. The van der Waals surface area contributed by atoms with Gasteiger partial charge in [0.05, 0.1) is 28.1 Å². The summed E-state index contributed by atoms with van der Waals surface area (Å²) in [7, 11) is 0. The van der Waals surface area contributed by atoms with E-state index in [4.69, 9.17) is 14.8 Å². The highest BCUT2D eigenvalue weighted by atomic mass is 16.5. The van der Waals surface area contributed by atoms with Crippen molar-refractivity contribution < 1.29 is 4.74 Å². The van der Waals surface area contributed by atoms with Crippen LogP contribution in [0.3, 0.4) is 0 Å². The molecule has 0 atom stereocenters. The first-order valence-electron chi connectivity index (χ1n) is 20.5. The van der Waals surface area contributed by atoms with E-state index in [1.165, 1.54) is 38.9 Å². The molecule has 0 unspecified atom stereocenters. The molecule has 0 saturated heterocycles. The molecule has 0 bridgehead atoms. The maximum atomic E-state index is 6.76. The average Bonchev–Trinajstić information content (AvgIpc) is 3.68. The molecule has 0 aliphatic carbocycles. The molecule has 0 radical (unpaired) electrons. The molecular weight excluding hydrogens is 697 g/mol. The lowest BCUT2D eigenvalue weighted by Crippen LogP contribution is -2.20. The van der Waals surface area contributed by atoms with Crippen molar-refractivity contribution in [2.75, 3.05) is 0 Å². The van der Waals surface area contributed by atoms with Crippen LogP contribution < -0.4 is 4.74 Å². The summed E-state index contributed by atoms with van der Waals surface area (Å²) in [5.41, 5.74) is 11.3. The highest BCUT2D eigenvalue weighted by Crippen LogP contribution is 2.44. The Morgan fingerprint density at radius 2 is 1.11 bits per heavy atom. The minimum absolute atomic E-state index is 0.00257. The number of nitrogens with zero attached hydrogens (tertiary/aromatic N) is 4. The zero-order valence-electron chi connectivity index (χ0n) is 37.0. The molecule has 0 N–H and O–H groups in total. The zero-order valence-corrected chi connectivity index (χ0v) is 37.0. The Morgan fingerprint density at radius 1 is 0.491 bits per heavy atom. The van der Waals surface area contributed by atoms with Gasteiger partial charge in [0.2, 0.25) is 0 Å². The first kappa shape index (κ1) is 40.1. The normalized spacial score (nSPS) is 13.2. The highest BCUT2D eigenvalue weighted by molar-refractivity contribution is 6.09. The highest BCUT2D eigenvalue weighted by Gasteiger charge is 2.35. The largest absolute Gasteiger partial charge is 0.457 e. The quantitative estimate of drug-likeness (QED) is 0.176. The average molecular weight is 759 g/mol. The number of hydrogen-bond donors (Lipinski definition) is 0. The van der Waals surface area contributed by atoms with Gasteiger partial charge in [0.1, 0.15) is 17.3 Å². The van der Waals surface area contributed by atoms with Crippen LogP contribution in [0.25, 0.3) is 44.4 Å². The van der Waals surface area contributed by atoms with Gasteiger partial charge >= 0.3 is 0 Å². The minimum atomic E-state index is -0.223. The monoisotopic (exact) mass is 758 g/mol. The van der Waals surface area contributed by atoms with E-state index in [0.29, 0.717) is 0 Å². The molecule has 7 rings (SSSR count). The van der Waals surface area contributed by atoms with Crippen LogP contribution in [-0.4, -0.2) is 19.3 Å². The summed E-state index contributed by atoms with van der Waals surface area (Å²) >= 11 is 0. The Morgan fingerprint density at radius 3 is 1.72 bits per heavy atom. The van der Waals surface area contributed by atoms with Crippen LogP contribution in [0.1, 0.15) is 132 Å². The summed E-state index contributed by atoms with van der Waals surface area (Å²) < 4.78 is 11.2. The van der Waals surface area contributed by atoms with Crippen molar-refractivity contribution in [3.8, 4) is 34.1 Å². The van der Waals surface area contributed by atoms with Crippen LogP contribution in [0.15, 0.2) is 103 Å². The van der Waals surface area contributed by atoms with E-state index >= 15 is 0 Å². The molecule has 5 heteroatoms. The summed E-state index contributed by atoms with van der Waals surface area (Å²) in [5.74, 6) is 2.41. The predicted octanol–water partition coefficient (Wildman–Crippen LogP) is 14.3. The fourth-order valence-electron chi connectivity index (χ4n) is 7.82. The molecule has 3 heterocycles. The number of fused-ring (bicyclic) bond motifs is 3. The maximum absolute atomic E-state index is 6.76. The van der Waals surface area contributed by atoms with E-state index in [1.807, 2.05) is 12.3 Å². The van der Waals surface area contributed by atoms with Crippen LogP contribution in [-0.2, 0) is 27.1 Å². The Labute approximate surface area is 341 Å². The van der Waals surface area contributed by atoms with Gasteiger partial charge in [-0.2, -0.15) is 5.10 Å². The molecule has 0 aliphatic rings. The van der Waals surface area contributed by atoms with Gasteiger partial charge in [0, 0.05) is 45.5 Å². The van der Waals surface area contributed by atoms with Crippen LogP contribution in [0.5, 0.6) is 11.5 Å². The van der Waals surface area contributed by atoms with E-state index in [0.717, 1.165) is 45.1 Å². The first-order valence-corrected chi connectivity index (χ1v) is 20.5. The molecule has 0 saturated carbocycles. The molecule has 0 amide bonds. The van der Waals surface area contributed by atoms with Crippen molar-refractivity contribution in [3.63, 3.8) is 0 Å². The van der Waals surface area contributed by atoms with E-state index in [9.17, 15) is 0 Å². The number of pyridine rings is 1. The molecule has 296 valence electrons. The predicted molar refractivity (Wildman–Crippen MR) is 241 cm³/mol. The van der Waals surface area contributed by atoms with Gasteiger partial charge in [0.15, 0.2) is 0 Å². The number of rotatable bonds is 5. The number of hydrogen-bond acceptors (Lipinski definition) is 3. The number of benzene rings is 4. The van der Waals surface area contributed by atoms with Gasteiger partial charge in [-0.05, 0) is 81.0 Å². The van der Waals surface area contributed by atoms with E-state index in [-0.39, 0.29) is 27.1 Å². The number of ether oxygens (including phenoxy) is 1. The summed E-state index contributed by atoms with van der Waals surface area (Å²) in [6.07, 6.45) is 1.92. The second-order valence-corrected chi connectivity index (χ2v) is 21.1. The van der Waals surface area contributed by atoms with Crippen LogP contribution in [0, 0.1) is 0 Å². The Balaban J connectivity index is 1.37. The van der Waals surface area contributed by atoms with E-state index in [2.05, 4.69) is 204 Å². The fraction of sp³-hybridized carbons (Fsp3) is 0.385. The third-order valence-corrected chi connectivity index (χ3v) is 11.0. The Kier molecular flexibility index (Phi) is 9.66. The molecule has 0 spiro atoms. The Bertz CT molecular complexity index is 2590. The third-order valence-electron chi connectivity index (χ3n) is 11.0. The van der Waals surface area contributed by atoms with Gasteiger partial charge in [-0.3, -0.25) is 4.57 Å². The SMILES string of the molecule is CC(C)(C)c1cc(-c2c(C(C)(C)C)nn(-c3cccc(Oc4ccc5c6ccccc6n(-c6cc(C(C)(C)C)ccn6)c5c4)c3)c2C(C)(C)C)cc(C(C)(C)C)c1. The van der Waals surface area contributed by atoms with Crippen molar-refractivity contribution in [1.29, 1.82) is 0 Å².